The molecule has 1 unspecified atom stereocenters. The van der Waals surface area contributed by atoms with Crippen LogP contribution in [-0.4, -0.2) is 67.9 Å². The summed E-state index contributed by atoms with van der Waals surface area (Å²) in [6.45, 7) is 0.717. The van der Waals surface area contributed by atoms with Crippen molar-refractivity contribution in [2.24, 2.45) is 0 Å². The van der Waals surface area contributed by atoms with Crippen LogP contribution in [0.3, 0.4) is 0 Å². The Bertz CT molecular complexity index is 827. The average Bonchev–Trinajstić information content (AvgIpc) is 3.17. The summed E-state index contributed by atoms with van der Waals surface area (Å²) < 4.78 is 45.1. The largest absolute Gasteiger partial charge is 0.480 e. The van der Waals surface area contributed by atoms with Crippen molar-refractivity contribution in [1.29, 1.82) is 0 Å². The fraction of sp³-hybridized carbons (Fsp3) is 0.529. The van der Waals surface area contributed by atoms with Crippen LogP contribution >= 0.6 is 0 Å². The third kappa shape index (κ3) is 3.79. The maximum atomic E-state index is 12.9. The number of methoxy groups -OCH3 is 1. The molecule has 0 radical (unpaired) electrons. The van der Waals surface area contributed by atoms with E-state index in [-0.39, 0.29) is 19.0 Å². The highest BCUT2D eigenvalue weighted by Gasteiger charge is 2.57. The number of alkyl halides is 3. The van der Waals surface area contributed by atoms with Gasteiger partial charge in [-0.2, -0.15) is 18.3 Å². The standard InChI is InChI=1S/C17H20F3N5O3/c1-16(27,17(18,19)20)15(26)24-8-5-11(6-9-24)12-7-10-25(23-12)13-3-4-14(28-2)22-21-13/h3-4,7,10-11,27H,5-6,8-9H2,1-2H3. The van der Waals surface area contributed by atoms with Crippen LogP contribution in [-0.2, 0) is 4.79 Å². The SMILES string of the molecule is COc1ccc(-n2ccc(C3CCN(C(=O)C(C)(O)C(F)(F)F)CC3)n2)nn1. The molecule has 28 heavy (non-hydrogen) atoms. The Morgan fingerprint density at radius 2 is 1.89 bits per heavy atom. The van der Waals surface area contributed by atoms with E-state index >= 15 is 0 Å². The van der Waals surface area contributed by atoms with E-state index in [4.69, 9.17) is 4.74 Å². The van der Waals surface area contributed by atoms with Gasteiger partial charge in [-0.1, -0.05) is 0 Å². The fourth-order valence-electron chi connectivity index (χ4n) is 3.03. The summed E-state index contributed by atoms with van der Waals surface area (Å²) in [7, 11) is 1.49. The Kier molecular flexibility index (Phi) is 5.28. The average molecular weight is 399 g/mol. The number of nitrogens with zero attached hydrogens (tertiary/aromatic N) is 5. The molecule has 1 atom stereocenters. The Morgan fingerprint density at radius 3 is 2.43 bits per heavy atom. The van der Waals surface area contributed by atoms with Crippen LogP contribution in [0.15, 0.2) is 24.4 Å². The second-order valence-electron chi connectivity index (χ2n) is 6.76. The number of carbonyl (C=O) groups is 1. The van der Waals surface area contributed by atoms with Crippen molar-refractivity contribution >= 4 is 5.91 Å². The minimum Gasteiger partial charge on any atom is -0.480 e. The number of amides is 1. The first-order chi connectivity index (χ1) is 13.1. The van der Waals surface area contributed by atoms with Gasteiger partial charge in [0.25, 0.3) is 5.91 Å². The van der Waals surface area contributed by atoms with Crippen molar-refractivity contribution in [2.75, 3.05) is 20.2 Å². The van der Waals surface area contributed by atoms with Crippen LogP contribution in [0.1, 0.15) is 31.4 Å². The number of ether oxygens (including phenoxy) is 1. The lowest BCUT2D eigenvalue weighted by Crippen LogP contribution is -2.57. The van der Waals surface area contributed by atoms with Gasteiger partial charge in [0.2, 0.25) is 11.5 Å². The van der Waals surface area contributed by atoms with E-state index in [2.05, 4.69) is 15.3 Å². The minimum absolute atomic E-state index is 0.00709. The third-order valence-corrected chi connectivity index (χ3v) is 4.85. The van der Waals surface area contributed by atoms with Crippen molar-refractivity contribution in [1.82, 2.24) is 24.9 Å². The molecule has 8 nitrogen and oxygen atoms in total. The summed E-state index contributed by atoms with van der Waals surface area (Å²) in [6.07, 6.45) is -2.40. The van der Waals surface area contributed by atoms with Gasteiger partial charge in [-0.3, -0.25) is 4.79 Å². The van der Waals surface area contributed by atoms with Crippen molar-refractivity contribution in [3.63, 3.8) is 0 Å². The molecule has 1 saturated heterocycles. The number of halogens is 3. The van der Waals surface area contributed by atoms with Gasteiger partial charge in [-0.15, -0.1) is 10.2 Å². The highest BCUT2D eigenvalue weighted by molar-refractivity contribution is 5.85. The van der Waals surface area contributed by atoms with Crippen LogP contribution in [0.25, 0.3) is 5.82 Å². The molecule has 1 aliphatic rings. The molecular formula is C17H20F3N5O3. The van der Waals surface area contributed by atoms with Gasteiger partial charge < -0.3 is 14.7 Å². The van der Waals surface area contributed by atoms with Gasteiger partial charge in [0.1, 0.15) is 0 Å². The first kappa shape index (κ1) is 20.1. The summed E-state index contributed by atoms with van der Waals surface area (Å²) in [6, 6.07) is 5.16. The molecule has 3 heterocycles. The highest BCUT2D eigenvalue weighted by atomic mass is 19.4. The Hall–Kier alpha value is -2.69. The van der Waals surface area contributed by atoms with E-state index in [1.54, 1.807) is 29.1 Å². The van der Waals surface area contributed by atoms with Gasteiger partial charge in [-0.05, 0) is 31.9 Å². The molecule has 0 spiro atoms. The smallest absolute Gasteiger partial charge is 0.426 e. The summed E-state index contributed by atoms with van der Waals surface area (Å²) in [5, 5.41) is 21.9. The van der Waals surface area contributed by atoms with Crippen molar-refractivity contribution in [3.05, 3.63) is 30.1 Å². The maximum Gasteiger partial charge on any atom is 0.426 e. The maximum absolute atomic E-state index is 12.9. The number of carbonyl (C=O) groups excluding carboxylic acids is 1. The highest BCUT2D eigenvalue weighted by Crippen LogP contribution is 2.34. The summed E-state index contributed by atoms with van der Waals surface area (Å²) >= 11 is 0. The van der Waals surface area contributed by atoms with Crippen LogP contribution in [0.2, 0.25) is 0 Å². The van der Waals surface area contributed by atoms with Gasteiger partial charge in [0.05, 0.1) is 12.8 Å². The number of aromatic nitrogens is 4. The van der Waals surface area contributed by atoms with E-state index in [0.29, 0.717) is 31.5 Å². The predicted octanol–water partition coefficient (Wildman–Crippen LogP) is 1.69. The normalized spacial score (nSPS) is 18.0. The van der Waals surface area contributed by atoms with Crippen molar-refractivity contribution < 1.29 is 27.8 Å². The quantitative estimate of drug-likeness (QED) is 0.841. The van der Waals surface area contributed by atoms with E-state index in [1.807, 2.05) is 0 Å². The van der Waals surface area contributed by atoms with E-state index in [9.17, 15) is 23.1 Å². The predicted molar refractivity (Wildman–Crippen MR) is 90.9 cm³/mol. The second kappa shape index (κ2) is 7.38. The van der Waals surface area contributed by atoms with E-state index in [1.165, 1.54) is 7.11 Å². The molecule has 0 bridgehead atoms. The molecule has 2 aromatic heterocycles. The molecule has 0 aromatic carbocycles. The fourth-order valence-corrected chi connectivity index (χ4v) is 3.03. The lowest BCUT2D eigenvalue weighted by atomic mass is 9.92. The van der Waals surface area contributed by atoms with E-state index in [0.717, 1.165) is 10.6 Å². The first-order valence-corrected chi connectivity index (χ1v) is 8.65. The number of rotatable bonds is 4. The molecule has 152 valence electrons. The topological polar surface area (TPSA) is 93.4 Å². The molecular weight excluding hydrogens is 379 g/mol. The molecule has 2 aromatic rings. The lowest BCUT2D eigenvalue weighted by Gasteiger charge is -2.36. The molecule has 0 saturated carbocycles. The third-order valence-electron chi connectivity index (χ3n) is 4.85. The second-order valence-corrected chi connectivity index (χ2v) is 6.76. The Balaban J connectivity index is 1.64. The lowest BCUT2D eigenvalue weighted by molar-refractivity contribution is -0.250. The molecule has 1 aliphatic heterocycles. The number of hydrogen-bond acceptors (Lipinski definition) is 6. The molecule has 3 rings (SSSR count). The summed E-state index contributed by atoms with van der Waals surface area (Å²) in [5.74, 6) is -0.450. The summed E-state index contributed by atoms with van der Waals surface area (Å²) in [5.41, 5.74) is -2.62. The first-order valence-electron chi connectivity index (χ1n) is 8.65. The van der Waals surface area contributed by atoms with Gasteiger partial charge in [-0.25, -0.2) is 4.68 Å². The van der Waals surface area contributed by atoms with Crippen molar-refractivity contribution in [2.45, 2.75) is 37.5 Å². The zero-order valence-electron chi connectivity index (χ0n) is 15.3. The monoisotopic (exact) mass is 399 g/mol. The molecule has 11 heteroatoms. The van der Waals surface area contributed by atoms with Crippen LogP contribution in [0.4, 0.5) is 13.2 Å². The minimum atomic E-state index is -5.01. The van der Waals surface area contributed by atoms with Crippen LogP contribution in [0.5, 0.6) is 5.88 Å². The zero-order valence-corrected chi connectivity index (χ0v) is 15.3. The van der Waals surface area contributed by atoms with E-state index < -0.39 is 17.7 Å². The van der Waals surface area contributed by atoms with Crippen molar-refractivity contribution in [3.8, 4) is 11.7 Å². The Morgan fingerprint density at radius 1 is 1.21 bits per heavy atom. The molecule has 1 fully saturated rings. The van der Waals surface area contributed by atoms with Gasteiger partial charge in [0.15, 0.2) is 5.82 Å². The van der Waals surface area contributed by atoms with Crippen LogP contribution in [0, 0.1) is 0 Å². The number of piperidine rings is 1. The van der Waals surface area contributed by atoms with Gasteiger partial charge >= 0.3 is 6.18 Å². The number of aliphatic hydroxyl groups is 1. The molecule has 1 amide bonds. The molecule has 1 N–H and O–H groups in total. The summed E-state index contributed by atoms with van der Waals surface area (Å²) in [4.78, 5) is 13.1. The molecule has 0 aliphatic carbocycles. The Labute approximate surface area is 158 Å². The van der Waals surface area contributed by atoms with Crippen LogP contribution < -0.4 is 4.74 Å². The zero-order chi connectivity index (χ0) is 20.5. The number of likely N-dealkylation sites (tertiary alicyclic amines) is 1. The van der Waals surface area contributed by atoms with Gasteiger partial charge in [0, 0.05) is 31.3 Å². The number of hydrogen-bond donors (Lipinski definition) is 1.